The summed E-state index contributed by atoms with van der Waals surface area (Å²) in [5, 5.41) is 4.99. The Kier molecular flexibility index (Phi) is 13.7. The molecule has 0 unspecified atom stereocenters. The van der Waals surface area contributed by atoms with Crippen LogP contribution in [0.2, 0.25) is 0 Å². The molecule has 34 heavy (non-hydrogen) atoms. The second kappa shape index (κ2) is 15.9. The minimum Gasteiger partial charge on any atom is -0.344 e. The molecule has 1 heterocycles. The summed E-state index contributed by atoms with van der Waals surface area (Å²) in [6, 6.07) is -1.92. The monoisotopic (exact) mass is 494 g/mol. The lowest BCUT2D eigenvalue weighted by molar-refractivity contribution is -0.132. The molecule has 0 radical (unpaired) electrons. The molecule has 0 saturated heterocycles. The van der Waals surface area contributed by atoms with E-state index in [1.54, 1.807) is 0 Å². The van der Waals surface area contributed by atoms with Gasteiger partial charge in [0.15, 0.2) is 0 Å². The molecule has 2 atom stereocenters. The Balaban J connectivity index is 2.57. The van der Waals surface area contributed by atoms with Crippen molar-refractivity contribution in [2.45, 2.75) is 71.9 Å². The number of carbonyl (C=O) groups excluding carboxylic acids is 4. The van der Waals surface area contributed by atoms with E-state index in [0.717, 1.165) is 31.4 Å². The average molecular weight is 495 g/mol. The first-order valence-corrected chi connectivity index (χ1v) is 12.5. The zero-order valence-corrected chi connectivity index (χ0v) is 21.3. The maximum absolute atomic E-state index is 12.6. The number of amides is 4. The lowest BCUT2D eigenvalue weighted by Gasteiger charge is -2.20. The fourth-order valence-electron chi connectivity index (χ4n) is 3.13. The normalized spacial score (nSPS) is 19.0. The van der Waals surface area contributed by atoms with Gasteiger partial charge in [-0.1, -0.05) is 29.4 Å². The maximum Gasteiger partial charge on any atom is 0.261 e. The van der Waals surface area contributed by atoms with Gasteiger partial charge >= 0.3 is 0 Å². The zero-order valence-electron chi connectivity index (χ0n) is 20.5. The highest BCUT2D eigenvalue weighted by atomic mass is 32.2. The quantitative estimate of drug-likeness (QED) is 0.109. The molecule has 1 rings (SSSR count). The van der Waals surface area contributed by atoms with E-state index in [2.05, 4.69) is 54.4 Å². The first-order valence-electron chi connectivity index (χ1n) is 11.3. The van der Waals surface area contributed by atoms with Crippen molar-refractivity contribution in [2.24, 2.45) is 5.84 Å². The number of nitrogens with one attached hydrogen (secondary N) is 5. The Bertz CT molecular complexity index is 820. The van der Waals surface area contributed by atoms with Gasteiger partial charge in [0.25, 0.3) is 11.8 Å². The molecule has 0 aromatic rings. The molecular formula is C23H38N6O4S. The molecule has 0 aliphatic carbocycles. The molecular weight excluding hydrogens is 456 g/mol. The molecule has 11 heteroatoms. The molecule has 0 spiro atoms. The van der Waals surface area contributed by atoms with Gasteiger partial charge in [-0.05, 0) is 46.5 Å². The van der Waals surface area contributed by atoms with Gasteiger partial charge in [0.2, 0.25) is 11.8 Å². The van der Waals surface area contributed by atoms with E-state index in [9.17, 15) is 19.2 Å². The topological polar surface area (TPSA) is 154 Å². The van der Waals surface area contributed by atoms with Crippen LogP contribution < -0.4 is 32.8 Å². The van der Waals surface area contributed by atoms with Crippen LogP contribution >= 0.6 is 11.8 Å². The smallest absolute Gasteiger partial charge is 0.261 e. The summed E-state index contributed by atoms with van der Waals surface area (Å²) in [6.07, 6.45) is 9.81. The van der Waals surface area contributed by atoms with Crippen molar-refractivity contribution in [1.29, 1.82) is 0 Å². The van der Waals surface area contributed by atoms with E-state index in [0.29, 0.717) is 11.5 Å². The number of allylic oxidation sites excluding steroid dienone is 5. The van der Waals surface area contributed by atoms with Crippen LogP contribution in [-0.2, 0) is 19.2 Å². The number of hydrogen-bond donors (Lipinski definition) is 6. The molecule has 190 valence electrons. The fraction of sp³-hybridized carbons (Fsp3) is 0.565. The molecule has 7 N–H and O–H groups in total. The van der Waals surface area contributed by atoms with Crippen LogP contribution in [0.4, 0.5) is 0 Å². The molecule has 4 amide bonds. The van der Waals surface area contributed by atoms with Crippen molar-refractivity contribution in [3.8, 4) is 0 Å². The van der Waals surface area contributed by atoms with Gasteiger partial charge in [-0.25, -0.2) is 5.84 Å². The Morgan fingerprint density at radius 3 is 2.56 bits per heavy atom. The standard InChI is InChI=1S/C23H38N6O4S/c1-15(2)7-5-8-16(3)9-6-10-18-11-12-34-14-20(23(33)29-28-18)26-21(31)13-19(22(32)27-24)25-17(4)30/h7,9,11,19-20,28H,5-6,8,10,12-14,24H2,1-4H3,(H,25,30)(H,26,31)(H,27,32)(H,29,33)/b16-9+,18-11-/t19-,20-/m0/s1. The van der Waals surface area contributed by atoms with E-state index in [-0.39, 0.29) is 12.3 Å². The average Bonchev–Trinajstić information content (AvgIpc) is 2.84. The predicted molar refractivity (Wildman–Crippen MR) is 135 cm³/mol. The van der Waals surface area contributed by atoms with Crippen molar-refractivity contribution in [2.75, 3.05) is 11.5 Å². The van der Waals surface area contributed by atoms with Gasteiger partial charge < -0.3 is 16.1 Å². The van der Waals surface area contributed by atoms with Gasteiger partial charge in [0.1, 0.15) is 12.1 Å². The number of rotatable bonds is 11. The van der Waals surface area contributed by atoms with E-state index >= 15 is 0 Å². The van der Waals surface area contributed by atoms with Gasteiger partial charge in [-0.2, -0.15) is 11.8 Å². The molecule has 0 bridgehead atoms. The first kappa shape index (κ1) is 29.2. The number of carbonyl (C=O) groups is 4. The van der Waals surface area contributed by atoms with E-state index in [1.165, 1.54) is 29.8 Å². The SMILES string of the molecule is CC(=O)N[C@@H](CC(=O)N[C@H]1CSC/C=C(/CC/C=C(\C)CCC=C(C)C)NNC1=O)C(=O)NN. The number of thioether (sulfide) groups is 1. The summed E-state index contributed by atoms with van der Waals surface area (Å²) in [6.45, 7) is 7.55. The molecule has 10 nitrogen and oxygen atoms in total. The van der Waals surface area contributed by atoms with Crippen LogP contribution in [-0.4, -0.2) is 47.2 Å². The molecule has 1 aliphatic heterocycles. The van der Waals surface area contributed by atoms with Gasteiger partial charge in [-0.15, -0.1) is 0 Å². The first-order chi connectivity index (χ1) is 16.1. The Morgan fingerprint density at radius 2 is 1.91 bits per heavy atom. The zero-order chi connectivity index (χ0) is 25.5. The molecule has 0 aromatic heterocycles. The summed E-state index contributed by atoms with van der Waals surface area (Å²) in [7, 11) is 0. The van der Waals surface area contributed by atoms with Gasteiger partial charge in [0.05, 0.1) is 6.42 Å². The summed E-state index contributed by atoms with van der Waals surface area (Å²) in [5.41, 5.74) is 11.1. The fourth-order valence-corrected chi connectivity index (χ4v) is 4.06. The maximum atomic E-state index is 12.6. The van der Waals surface area contributed by atoms with E-state index in [1.807, 2.05) is 11.5 Å². The molecule has 1 aliphatic rings. The van der Waals surface area contributed by atoms with E-state index < -0.39 is 29.8 Å². The Labute approximate surface area is 205 Å². The lowest BCUT2D eigenvalue weighted by Crippen LogP contribution is -2.54. The van der Waals surface area contributed by atoms with Crippen molar-refractivity contribution >= 4 is 35.4 Å². The summed E-state index contributed by atoms with van der Waals surface area (Å²) < 4.78 is 0. The third kappa shape index (κ3) is 12.4. The number of nitrogens with two attached hydrogens (primary N) is 1. The largest absolute Gasteiger partial charge is 0.344 e. The molecule has 0 saturated carbocycles. The summed E-state index contributed by atoms with van der Waals surface area (Å²) >= 11 is 1.51. The minimum atomic E-state index is -1.13. The van der Waals surface area contributed by atoms with Crippen LogP contribution in [0.25, 0.3) is 0 Å². The Morgan fingerprint density at radius 1 is 1.18 bits per heavy atom. The highest BCUT2D eigenvalue weighted by molar-refractivity contribution is 7.99. The highest BCUT2D eigenvalue weighted by Gasteiger charge is 2.26. The summed E-state index contributed by atoms with van der Waals surface area (Å²) in [4.78, 5) is 48.1. The second-order valence-corrected chi connectivity index (χ2v) is 9.45. The molecule has 0 aromatic carbocycles. The van der Waals surface area contributed by atoms with Crippen LogP contribution in [0, 0.1) is 0 Å². The van der Waals surface area contributed by atoms with Crippen molar-refractivity contribution in [1.82, 2.24) is 26.9 Å². The van der Waals surface area contributed by atoms with Crippen molar-refractivity contribution in [3.05, 3.63) is 35.1 Å². The van der Waals surface area contributed by atoms with Crippen LogP contribution in [0.3, 0.4) is 0 Å². The van der Waals surface area contributed by atoms with Gasteiger partial charge in [0, 0.05) is 24.1 Å². The van der Waals surface area contributed by atoms with Gasteiger partial charge in [-0.3, -0.25) is 30.0 Å². The lowest BCUT2D eigenvalue weighted by atomic mass is 10.1. The predicted octanol–water partition coefficient (Wildman–Crippen LogP) is 1.08. The Hall–Kier alpha value is -2.79. The van der Waals surface area contributed by atoms with Crippen molar-refractivity contribution < 1.29 is 19.2 Å². The van der Waals surface area contributed by atoms with Crippen LogP contribution in [0.1, 0.15) is 59.8 Å². The third-order valence-electron chi connectivity index (χ3n) is 4.95. The number of hydrazine groups is 2. The van der Waals surface area contributed by atoms with Crippen LogP contribution in [0.5, 0.6) is 0 Å². The van der Waals surface area contributed by atoms with E-state index in [4.69, 9.17) is 5.84 Å². The van der Waals surface area contributed by atoms with Crippen LogP contribution in [0.15, 0.2) is 35.1 Å². The third-order valence-corrected chi connectivity index (χ3v) is 5.92. The number of hydrogen-bond acceptors (Lipinski definition) is 7. The second-order valence-electron chi connectivity index (χ2n) is 8.38. The minimum absolute atomic E-state index is 0.340. The highest BCUT2D eigenvalue weighted by Crippen LogP contribution is 2.13. The van der Waals surface area contributed by atoms with Crippen molar-refractivity contribution in [3.63, 3.8) is 0 Å². The molecule has 0 fully saturated rings. The summed E-state index contributed by atoms with van der Waals surface area (Å²) in [5.74, 6) is 4.04.